The van der Waals surface area contributed by atoms with Crippen LogP contribution in [-0.4, -0.2) is 4.57 Å². The molecule has 312 valence electrons. The summed E-state index contributed by atoms with van der Waals surface area (Å²) in [7, 11) is 0. The van der Waals surface area contributed by atoms with E-state index in [2.05, 4.69) is 276 Å². The van der Waals surface area contributed by atoms with Crippen LogP contribution in [-0.2, 0) is 0 Å². The van der Waals surface area contributed by atoms with Crippen molar-refractivity contribution in [2.24, 2.45) is 0 Å². The fourth-order valence-electron chi connectivity index (χ4n) is 9.79. The summed E-state index contributed by atoms with van der Waals surface area (Å²) >= 11 is 0. The van der Waals surface area contributed by atoms with Gasteiger partial charge in [-0.25, -0.2) is 0 Å². The monoisotopic (exact) mass is 843 g/mol. The van der Waals surface area contributed by atoms with Gasteiger partial charge in [-0.15, -0.1) is 0 Å². The average molecular weight is 844 g/mol. The molecule has 0 aliphatic rings. The zero-order valence-corrected chi connectivity index (χ0v) is 36.6. The van der Waals surface area contributed by atoms with Crippen LogP contribution >= 0.6 is 0 Å². The Hall–Kier alpha value is -8.66. The highest BCUT2D eigenvalue weighted by Gasteiger charge is 2.20. The molecule has 3 heteroatoms. The van der Waals surface area contributed by atoms with E-state index < -0.39 is 0 Å². The van der Waals surface area contributed by atoms with Gasteiger partial charge in [-0.3, -0.25) is 0 Å². The third-order valence-electron chi connectivity index (χ3n) is 13.0. The highest BCUT2D eigenvalue weighted by atomic mass is 15.1. The summed E-state index contributed by atoms with van der Waals surface area (Å²) in [4.78, 5) is 4.78. The first-order chi connectivity index (χ1) is 32.6. The van der Waals surface area contributed by atoms with E-state index in [-0.39, 0.29) is 0 Å². The average Bonchev–Trinajstić information content (AvgIpc) is 3.72. The van der Waals surface area contributed by atoms with E-state index in [1.165, 1.54) is 65.6 Å². The lowest BCUT2D eigenvalue weighted by Gasteiger charge is -2.28. The molecule has 12 aromatic rings. The van der Waals surface area contributed by atoms with E-state index in [0.717, 1.165) is 45.4 Å². The number of hydrogen-bond donors (Lipinski definition) is 0. The first kappa shape index (κ1) is 39.0. The Morgan fingerprint density at radius 3 is 1.56 bits per heavy atom. The van der Waals surface area contributed by atoms with E-state index in [1.807, 2.05) is 0 Å². The summed E-state index contributed by atoms with van der Waals surface area (Å²) in [5, 5.41) is 7.28. The van der Waals surface area contributed by atoms with Crippen LogP contribution in [0.3, 0.4) is 0 Å². The van der Waals surface area contributed by atoms with Crippen molar-refractivity contribution >= 4 is 77.5 Å². The Morgan fingerprint density at radius 1 is 0.303 bits per heavy atom. The topological polar surface area (TPSA) is 11.4 Å². The predicted molar refractivity (Wildman–Crippen MR) is 281 cm³/mol. The maximum Gasteiger partial charge on any atom is 0.0542 e. The SMILES string of the molecule is Cc1ccc(N(c2ccc3ccccc3c2)c2ccc(-c3ccc(N(c4ccc(-c5ccccc5)cc4)c4ccc5c(c4)c4ccccc4n5-c4ccccc4)cc3)c3ccccc23)cc1. The Bertz CT molecular complexity index is 3690. The van der Waals surface area contributed by atoms with Crippen LogP contribution in [0.5, 0.6) is 0 Å². The third kappa shape index (κ3) is 6.95. The fourth-order valence-corrected chi connectivity index (χ4v) is 9.79. The molecule has 0 bridgehead atoms. The minimum absolute atomic E-state index is 1.08. The molecule has 0 atom stereocenters. The summed E-state index contributed by atoms with van der Waals surface area (Å²) in [6.45, 7) is 2.14. The van der Waals surface area contributed by atoms with Crippen molar-refractivity contribution in [3.05, 3.63) is 260 Å². The molecule has 0 unspecified atom stereocenters. The molecule has 0 aliphatic carbocycles. The normalized spacial score (nSPS) is 11.4. The highest BCUT2D eigenvalue weighted by molar-refractivity contribution is 6.11. The van der Waals surface area contributed by atoms with Crippen molar-refractivity contribution in [2.45, 2.75) is 6.92 Å². The van der Waals surface area contributed by atoms with E-state index in [4.69, 9.17) is 0 Å². The molecule has 11 aromatic carbocycles. The molecule has 0 saturated heterocycles. The molecule has 1 heterocycles. The summed E-state index contributed by atoms with van der Waals surface area (Å²) < 4.78 is 2.37. The molecule has 0 saturated carbocycles. The minimum atomic E-state index is 1.08. The molecule has 1 aromatic heterocycles. The Balaban J connectivity index is 0.974. The Labute approximate surface area is 385 Å². The largest absolute Gasteiger partial charge is 0.310 e. The number of para-hydroxylation sites is 2. The number of aromatic nitrogens is 1. The Kier molecular flexibility index (Phi) is 9.73. The summed E-state index contributed by atoms with van der Waals surface area (Å²) in [6.07, 6.45) is 0. The summed E-state index contributed by atoms with van der Waals surface area (Å²) in [5.41, 5.74) is 16.2. The van der Waals surface area contributed by atoms with Crippen molar-refractivity contribution in [3.8, 4) is 27.9 Å². The molecule has 12 rings (SSSR count). The van der Waals surface area contributed by atoms with Gasteiger partial charge < -0.3 is 14.4 Å². The molecular formula is C63H45N3. The van der Waals surface area contributed by atoms with Crippen LogP contribution < -0.4 is 9.80 Å². The van der Waals surface area contributed by atoms with E-state index in [0.29, 0.717) is 0 Å². The molecule has 0 amide bonds. The van der Waals surface area contributed by atoms with Gasteiger partial charge in [-0.1, -0.05) is 169 Å². The van der Waals surface area contributed by atoms with E-state index >= 15 is 0 Å². The zero-order valence-electron chi connectivity index (χ0n) is 36.6. The second kappa shape index (κ2) is 16.5. The predicted octanol–water partition coefficient (Wildman–Crippen LogP) is 17.7. The molecule has 66 heavy (non-hydrogen) atoms. The van der Waals surface area contributed by atoms with Gasteiger partial charge in [-0.05, 0) is 136 Å². The van der Waals surface area contributed by atoms with Crippen molar-refractivity contribution < 1.29 is 0 Å². The van der Waals surface area contributed by atoms with Gasteiger partial charge in [0.2, 0.25) is 0 Å². The van der Waals surface area contributed by atoms with Gasteiger partial charge >= 0.3 is 0 Å². The standard InChI is InChI=1S/C63H45N3/c1-44-24-31-53(32-25-44)65(54-37-28-46-16-8-9-17-49(46)42-54)62-41-39-56(57-20-10-11-21-58(57)62)48-29-35-52(36-30-48)64(51-33-26-47(27-34-51)45-14-4-2-5-15-45)55-38-40-63-60(43-55)59-22-12-13-23-61(59)66(63)50-18-6-3-7-19-50/h2-43H,1H3. The molecule has 0 fully saturated rings. The Morgan fingerprint density at radius 2 is 0.818 bits per heavy atom. The van der Waals surface area contributed by atoms with Crippen LogP contribution in [0, 0.1) is 6.92 Å². The minimum Gasteiger partial charge on any atom is -0.310 e. The third-order valence-corrected chi connectivity index (χ3v) is 13.0. The number of rotatable bonds is 9. The van der Waals surface area contributed by atoms with Gasteiger partial charge in [-0.2, -0.15) is 0 Å². The van der Waals surface area contributed by atoms with Crippen LogP contribution in [0.4, 0.5) is 34.1 Å². The first-order valence-corrected chi connectivity index (χ1v) is 22.7. The maximum absolute atomic E-state index is 2.40. The number of aryl methyl sites for hydroxylation is 1. The van der Waals surface area contributed by atoms with Gasteiger partial charge in [0, 0.05) is 50.3 Å². The summed E-state index contributed by atoms with van der Waals surface area (Å²) in [5.74, 6) is 0. The second-order valence-electron chi connectivity index (χ2n) is 17.1. The maximum atomic E-state index is 2.40. The van der Waals surface area contributed by atoms with E-state index in [9.17, 15) is 0 Å². The van der Waals surface area contributed by atoms with Crippen molar-refractivity contribution in [1.82, 2.24) is 4.57 Å². The second-order valence-corrected chi connectivity index (χ2v) is 17.1. The van der Waals surface area contributed by atoms with Gasteiger partial charge in [0.05, 0.1) is 16.7 Å². The van der Waals surface area contributed by atoms with Crippen molar-refractivity contribution in [2.75, 3.05) is 9.80 Å². The molecule has 3 nitrogen and oxygen atoms in total. The molecular weight excluding hydrogens is 799 g/mol. The molecule has 0 aliphatic heterocycles. The number of hydrogen-bond acceptors (Lipinski definition) is 2. The molecule has 0 spiro atoms. The number of fused-ring (bicyclic) bond motifs is 5. The van der Waals surface area contributed by atoms with Crippen molar-refractivity contribution in [1.29, 1.82) is 0 Å². The number of anilines is 6. The smallest absolute Gasteiger partial charge is 0.0542 e. The molecule has 0 N–H and O–H groups in total. The summed E-state index contributed by atoms with van der Waals surface area (Å²) in [6, 6.07) is 92.6. The van der Waals surface area contributed by atoms with Crippen molar-refractivity contribution in [3.63, 3.8) is 0 Å². The van der Waals surface area contributed by atoms with Crippen LogP contribution in [0.25, 0.3) is 71.3 Å². The lowest BCUT2D eigenvalue weighted by molar-refractivity contribution is 1.18. The number of benzene rings is 11. The van der Waals surface area contributed by atoms with Gasteiger partial charge in [0.1, 0.15) is 0 Å². The fraction of sp³-hybridized carbons (Fsp3) is 0.0159. The van der Waals surface area contributed by atoms with Crippen LogP contribution in [0.2, 0.25) is 0 Å². The van der Waals surface area contributed by atoms with Crippen LogP contribution in [0.1, 0.15) is 5.56 Å². The quantitative estimate of drug-likeness (QED) is 0.143. The lowest BCUT2D eigenvalue weighted by Crippen LogP contribution is -2.11. The molecule has 0 radical (unpaired) electrons. The first-order valence-electron chi connectivity index (χ1n) is 22.7. The number of nitrogens with zero attached hydrogens (tertiary/aromatic N) is 3. The zero-order chi connectivity index (χ0) is 44.0. The highest BCUT2D eigenvalue weighted by Crippen LogP contribution is 2.45. The van der Waals surface area contributed by atoms with Gasteiger partial charge in [0.15, 0.2) is 0 Å². The van der Waals surface area contributed by atoms with Gasteiger partial charge in [0.25, 0.3) is 0 Å². The van der Waals surface area contributed by atoms with Crippen LogP contribution in [0.15, 0.2) is 255 Å². The van der Waals surface area contributed by atoms with E-state index in [1.54, 1.807) is 0 Å². The lowest BCUT2D eigenvalue weighted by atomic mass is 9.95.